The van der Waals surface area contributed by atoms with Crippen molar-refractivity contribution in [2.75, 3.05) is 6.61 Å². The molecule has 0 spiro atoms. The predicted molar refractivity (Wildman–Crippen MR) is 82.1 cm³/mol. The van der Waals surface area contributed by atoms with Crippen molar-refractivity contribution in [1.82, 2.24) is 0 Å². The van der Waals surface area contributed by atoms with Crippen LogP contribution in [0.2, 0.25) is 0 Å². The fourth-order valence-electron chi connectivity index (χ4n) is 2.16. The van der Waals surface area contributed by atoms with Crippen molar-refractivity contribution in [2.24, 2.45) is 0 Å². The van der Waals surface area contributed by atoms with Gasteiger partial charge in [0, 0.05) is 6.61 Å². The molecule has 0 aliphatic rings. The SMILES string of the molecule is CCCCCCC=CCCCCCC(C)OCC. The van der Waals surface area contributed by atoms with Gasteiger partial charge in [-0.15, -0.1) is 0 Å². The molecule has 0 aliphatic carbocycles. The molecule has 0 saturated heterocycles. The summed E-state index contributed by atoms with van der Waals surface area (Å²) in [6.07, 6.45) is 18.4. The minimum atomic E-state index is 0.448. The second kappa shape index (κ2) is 14.8. The molecule has 1 heteroatoms. The van der Waals surface area contributed by atoms with Crippen LogP contribution in [0.3, 0.4) is 0 Å². The lowest BCUT2D eigenvalue weighted by Gasteiger charge is -2.10. The maximum atomic E-state index is 5.52. The molecule has 1 nitrogen and oxygen atoms in total. The highest BCUT2D eigenvalue weighted by molar-refractivity contribution is 4.81. The normalized spacial score (nSPS) is 13.3. The topological polar surface area (TPSA) is 9.23 Å². The fourth-order valence-corrected chi connectivity index (χ4v) is 2.16. The van der Waals surface area contributed by atoms with Gasteiger partial charge in [0.15, 0.2) is 0 Å². The smallest absolute Gasteiger partial charge is 0.0546 e. The summed E-state index contributed by atoms with van der Waals surface area (Å²) >= 11 is 0. The summed E-state index contributed by atoms with van der Waals surface area (Å²) in [6.45, 7) is 7.37. The molecule has 0 rings (SSSR count). The highest BCUT2D eigenvalue weighted by atomic mass is 16.5. The number of hydrogen-bond donors (Lipinski definition) is 0. The van der Waals surface area contributed by atoms with Crippen LogP contribution >= 0.6 is 0 Å². The molecular weight excluding hydrogens is 220 g/mol. The van der Waals surface area contributed by atoms with Crippen LogP contribution < -0.4 is 0 Å². The summed E-state index contributed by atoms with van der Waals surface area (Å²) in [4.78, 5) is 0. The summed E-state index contributed by atoms with van der Waals surface area (Å²) in [7, 11) is 0. The van der Waals surface area contributed by atoms with Crippen LogP contribution in [0, 0.1) is 0 Å². The molecule has 0 N–H and O–H groups in total. The standard InChI is InChI=1S/C17H34O/c1-4-6-7-8-9-10-11-12-13-14-15-16-17(3)18-5-2/h10-11,17H,4-9,12-16H2,1-3H3. The highest BCUT2D eigenvalue weighted by Crippen LogP contribution is 2.09. The number of ether oxygens (including phenoxy) is 1. The zero-order valence-corrected chi connectivity index (χ0v) is 12.9. The number of unbranched alkanes of at least 4 members (excludes halogenated alkanes) is 7. The molecule has 0 amide bonds. The number of rotatable bonds is 13. The highest BCUT2D eigenvalue weighted by Gasteiger charge is 1.99. The maximum Gasteiger partial charge on any atom is 0.0546 e. The molecule has 18 heavy (non-hydrogen) atoms. The van der Waals surface area contributed by atoms with E-state index >= 15 is 0 Å². The fraction of sp³-hybridized carbons (Fsp3) is 0.882. The number of allylic oxidation sites excluding steroid dienone is 2. The summed E-state index contributed by atoms with van der Waals surface area (Å²) < 4.78 is 5.52. The second-order valence-corrected chi connectivity index (χ2v) is 5.22. The third kappa shape index (κ3) is 13.8. The Balaban J connectivity index is 3.12. The number of hydrogen-bond acceptors (Lipinski definition) is 1. The van der Waals surface area contributed by atoms with E-state index in [9.17, 15) is 0 Å². The molecule has 0 radical (unpaired) electrons. The zero-order chi connectivity index (χ0) is 13.5. The Labute approximate surface area is 115 Å². The average Bonchev–Trinajstić information content (AvgIpc) is 2.36. The van der Waals surface area contributed by atoms with E-state index in [1.165, 1.54) is 64.2 Å². The van der Waals surface area contributed by atoms with Crippen molar-refractivity contribution < 1.29 is 4.74 Å². The first-order valence-electron chi connectivity index (χ1n) is 8.07. The Hall–Kier alpha value is -0.300. The van der Waals surface area contributed by atoms with E-state index in [0.717, 1.165) is 6.61 Å². The first kappa shape index (κ1) is 17.7. The monoisotopic (exact) mass is 254 g/mol. The Kier molecular flexibility index (Phi) is 14.5. The van der Waals surface area contributed by atoms with Crippen LogP contribution in [-0.4, -0.2) is 12.7 Å². The first-order valence-corrected chi connectivity index (χ1v) is 8.07. The third-order valence-corrected chi connectivity index (χ3v) is 3.32. The molecule has 0 aromatic rings. The van der Waals surface area contributed by atoms with Gasteiger partial charge in [-0.05, 0) is 46.0 Å². The van der Waals surface area contributed by atoms with Crippen LogP contribution in [0.4, 0.5) is 0 Å². The van der Waals surface area contributed by atoms with Gasteiger partial charge in [-0.1, -0.05) is 51.2 Å². The van der Waals surface area contributed by atoms with Crippen molar-refractivity contribution in [3.8, 4) is 0 Å². The van der Waals surface area contributed by atoms with Crippen LogP contribution in [0.25, 0.3) is 0 Å². The Bertz CT molecular complexity index is 174. The molecule has 0 heterocycles. The van der Waals surface area contributed by atoms with Crippen molar-refractivity contribution in [2.45, 2.75) is 91.1 Å². The van der Waals surface area contributed by atoms with Crippen LogP contribution in [0.15, 0.2) is 12.2 Å². The van der Waals surface area contributed by atoms with Crippen LogP contribution in [0.1, 0.15) is 85.0 Å². The molecule has 1 unspecified atom stereocenters. The van der Waals surface area contributed by atoms with Crippen molar-refractivity contribution in [3.05, 3.63) is 12.2 Å². The Morgan fingerprint density at radius 2 is 1.44 bits per heavy atom. The van der Waals surface area contributed by atoms with E-state index in [1.54, 1.807) is 0 Å². The quantitative estimate of drug-likeness (QED) is 0.294. The summed E-state index contributed by atoms with van der Waals surface area (Å²) in [5.41, 5.74) is 0. The van der Waals surface area contributed by atoms with Gasteiger partial charge in [0.2, 0.25) is 0 Å². The van der Waals surface area contributed by atoms with E-state index in [4.69, 9.17) is 4.74 Å². The first-order chi connectivity index (χ1) is 8.81. The molecule has 0 bridgehead atoms. The molecule has 0 aliphatic heterocycles. The van der Waals surface area contributed by atoms with E-state index < -0.39 is 0 Å². The van der Waals surface area contributed by atoms with Gasteiger partial charge in [0.05, 0.1) is 6.10 Å². The van der Waals surface area contributed by atoms with E-state index in [1.807, 2.05) is 0 Å². The summed E-state index contributed by atoms with van der Waals surface area (Å²) in [6, 6.07) is 0. The zero-order valence-electron chi connectivity index (χ0n) is 12.9. The molecule has 108 valence electrons. The van der Waals surface area contributed by atoms with E-state index in [-0.39, 0.29) is 0 Å². The van der Waals surface area contributed by atoms with Gasteiger partial charge in [-0.3, -0.25) is 0 Å². The van der Waals surface area contributed by atoms with Gasteiger partial charge < -0.3 is 4.74 Å². The molecule has 0 aromatic carbocycles. The van der Waals surface area contributed by atoms with Gasteiger partial charge in [-0.25, -0.2) is 0 Å². The van der Waals surface area contributed by atoms with Crippen molar-refractivity contribution in [3.63, 3.8) is 0 Å². The minimum Gasteiger partial charge on any atom is -0.379 e. The minimum absolute atomic E-state index is 0.448. The molecule has 0 saturated carbocycles. The van der Waals surface area contributed by atoms with E-state index in [2.05, 4.69) is 32.9 Å². The maximum absolute atomic E-state index is 5.52. The van der Waals surface area contributed by atoms with Crippen molar-refractivity contribution >= 4 is 0 Å². The van der Waals surface area contributed by atoms with Crippen LogP contribution in [-0.2, 0) is 4.74 Å². The lowest BCUT2D eigenvalue weighted by molar-refractivity contribution is 0.0684. The third-order valence-electron chi connectivity index (χ3n) is 3.32. The second-order valence-electron chi connectivity index (χ2n) is 5.22. The Morgan fingerprint density at radius 1 is 0.833 bits per heavy atom. The van der Waals surface area contributed by atoms with Crippen LogP contribution in [0.5, 0.6) is 0 Å². The predicted octanol–water partition coefficient (Wildman–Crippen LogP) is 5.89. The van der Waals surface area contributed by atoms with Gasteiger partial charge in [0.25, 0.3) is 0 Å². The van der Waals surface area contributed by atoms with Gasteiger partial charge in [0.1, 0.15) is 0 Å². The van der Waals surface area contributed by atoms with E-state index in [0.29, 0.717) is 6.10 Å². The molecule has 1 atom stereocenters. The average molecular weight is 254 g/mol. The van der Waals surface area contributed by atoms with Gasteiger partial charge in [-0.2, -0.15) is 0 Å². The van der Waals surface area contributed by atoms with Crippen molar-refractivity contribution in [1.29, 1.82) is 0 Å². The molecular formula is C17H34O. The van der Waals surface area contributed by atoms with Gasteiger partial charge >= 0.3 is 0 Å². The lowest BCUT2D eigenvalue weighted by Crippen LogP contribution is -2.07. The molecule has 0 aromatic heterocycles. The molecule has 0 fully saturated rings. The summed E-state index contributed by atoms with van der Waals surface area (Å²) in [5, 5.41) is 0. The Morgan fingerprint density at radius 3 is 2.00 bits per heavy atom. The lowest BCUT2D eigenvalue weighted by atomic mass is 10.1. The largest absolute Gasteiger partial charge is 0.379 e. The summed E-state index contributed by atoms with van der Waals surface area (Å²) in [5.74, 6) is 0.